The van der Waals surface area contributed by atoms with Gasteiger partial charge in [-0.05, 0) is 36.4 Å². The number of carbonyl (C=O) groups is 3. The Bertz CT molecular complexity index is 888. The monoisotopic (exact) mass is 388 g/mol. The van der Waals surface area contributed by atoms with Crippen LogP contribution in [0.25, 0.3) is 0 Å². The van der Waals surface area contributed by atoms with Crippen LogP contribution >= 0.6 is 11.6 Å². The number of anilines is 2. The van der Waals surface area contributed by atoms with Crippen molar-refractivity contribution in [1.29, 1.82) is 0 Å². The van der Waals surface area contributed by atoms with Crippen molar-refractivity contribution < 1.29 is 19.1 Å². The molecule has 2 amide bonds. The van der Waals surface area contributed by atoms with Crippen LogP contribution in [-0.4, -0.2) is 24.9 Å². The number of rotatable bonds is 4. The normalized spacial score (nSPS) is 10.9. The highest BCUT2D eigenvalue weighted by atomic mass is 35.5. The van der Waals surface area contributed by atoms with Crippen LogP contribution < -0.4 is 10.6 Å². The highest BCUT2D eigenvalue weighted by Gasteiger charge is 2.21. The first-order valence-corrected chi connectivity index (χ1v) is 8.60. The molecule has 0 aromatic heterocycles. The fourth-order valence-electron chi connectivity index (χ4n) is 2.16. The minimum absolute atomic E-state index is 0.149. The molecule has 0 saturated carbocycles. The van der Waals surface area contributed by atoms with Crippen LogP contribution in [-0.2, 0) is 9.53 Å². The number of amides is 2. The van der Waals surface area contributed by atoms with Gasteiger partial charge in [-0.3, -0.25) is 9.59 Å². The predicted molar refractivity (Wildman–Crippen MR) is 105 cm³/mol. The van der Waals surface area contributed by atoms with E-state index >= 15 is 0 Å². The van der Waals surface area contributed by atoms with Crippen LogP contribution in [0.1, 0.15) is 41.5 Å². The van der Waals surface area contributed by atoms with Gasteiger partial charge in [0.2, 0.25) is 5.91 Å². The Hall–Kier alpha value is -2.86. The zero-order valence-corrected chi connectivity index (χ0v) is 16.3. The Morgan fingerprint density at radius 2 is 1.70 bits per heavy atom. The quantitative estimate of drug-likeness (QED) is 0.762. The molecule has 2 aromatic rings. The third-order valence-corrected chi connectivity index (χ3v) is 3.93. The van der Waals surface area contributed by atoms with Crippen molar-refractivity contribution in [3.8, 4) is 0 Å². The molecule has 142 valence electrons. The van der Waals surface area contributed by atoms with Crippen LogP contribution in [0, 0.1) is 5.41 Å². The minimum Gasteiger partial charge on any atom is -0.465 e. The molecule has 2 N–H and O–H groups in total. The third kappa shape index (κ3) is 5.31. The van der Waals surface area contributed by atoms with E-state index in [0.29, 0.717) is 16.3 Å². The summed E-state index contributed by atoms with van der Waals surface area (Å²) in [5.41, 5.74) is 0.701. The maximum Gasteiger partial charge on any atom is 0.340 e. The Labute approximate surface area is 162 Å². The summed E-state index contributed by atoms with van der Waals surface area (Å²) in [6, 6.07) is 11.0. The van der Waals surface area contributed by atoms with Crippen molar-refractivity contribution >= 4 is 40.8 Å². The predicted octanol–water partition coefficient (Wildman–Crippen LogP) is 4.36. The molecular formula is C20H21ClN2O4. The van der Waals surface area contributed by atoms with E-state index in [2.05, 4.69) is 10.6 Å². The summed E-state index contributed by atoms with van der Waals surface area (Å²) in [4.78, 5) is 36.6. The zero-order chi connectivity index (χ0) is 20.2. The molecule has 2 rings (SSSR count). The number of hydrogen-bond donors (Lipinski definition) is 2. The molecule has 0 saturated heterocycles. The molecule has 0 heterocycles. The second-order valence-electron chi connectivity index (χ2n) is 6.92. The average molecular weight is 389 g/mol. The van der Waals surface area contributed by atoms with Gasteiger partial charge < -0.3 is 15.4 Å². The van der Waals surface area contributed by atoms with Gasteiger partial charge in [-0.1, -0.05) is 38.4 Å². The average Bonchev–Trinajstić information content (AvgIpc) is 2.61. The fourth-order valence-corrected chi connectivity index (χ4v) is 2.33. The molecule has 2 aromatic carbocycles. The maximum atomic E-state index is 12.6. The van der Waals surface area contributed by atoms with E-state index in [1.807, 2.05) is 0 Å². The van der Waals surface area contributed by atoms with Crippen LogP contribution in [0.4, 0.5) is 11.4 Å². The Morgan fingerprint density at radius 3 is 2.33 bits per heavy atom. The number of methoxy groups -OCH3 is 1. The lowest BCUT2D eigenvalue weighted by Crippen LogP contribution is -2.27. The van der Waals surface area contributed by atoms with Crippen molar-refractivity contribution in [2.45, 2.75) is 20.8 Å². The van der Waals surface area contributed by atoms with Gasteiger partial charge in [0, 0.05) is 21.7 Å². The second kappa shape index (κ2) is 8.22. The van der Waals surface area contributed by atoms with Gasteiger partial charge in [0.25, 0.3) is 5.91 Å². The van der Waals surface area contributed by atoms with E-state index in [4.69, 9.17) is 16.3 Å². The lowest BCUT2D eigenvalue weighted by molar-refractivity contribution is -0.123. The second-order valence-corrected chi connectivity index (χ2v) is 7.36. The Balaban J connectivity index is 2.24. The van der Waals surface area contributed by atoms with Crippen LogP contribution in [0.3, 0.4) is 0 Å². The number of carbonyl (C=O) groups excluding carboxylic acids is 3. The van der Waals surface area contributed by atoms with Gasteiger partial charge >= 0.3 is 5.97 Å². The SMILES string of the molecule is COC(=O)c1cc(Cl)ccc1NC(=O)c1cccc(NC(=O)C(C)(C)C)c1. The highest BCUT2D eigenvalue weighted by Crippen LogP contribution is 2.23. The molecule has 0 fully saturated rings. The van der Waals surface area contributed by atoms with E-state index < -0.39 is 17.3 Å². The summed E-state index contributed by atoms with van der Waals surface area (Å²) in [6.07, 6.45) is 0. The highest BCUT2D eigenvalue weighted by molar-refractivity contribution is 6.31. The van der Waals surface area contributed by atoms with Crippen LogP contribution in [0.15, 0.2) is 42.5 Å². The molecule has 27 heavy (non-hydrogen) atoms. The molecule has 6 nitrogen and oxygen atoms in total. The molecule has 0 aliphatic carbocycles. The van der Waals surface area contributed by atoms with Gasteiger partial charge in [-0.15, -0.1) is 0 Å². The fraction of sp³-hybridized carbons (Fsp3) is 0.250. The van der Waals surface area contributed by atoms with Crippen molar-refractivity contribution in [3.63, 3.8) is 0 Å². The molecule has 0 radical (unpaired) electrons. The van der Waals surface area contributed by atoms with E-state index in [0.717, 1.165) is 0 Å². The topological polar surface area (TPSA) is 84.5 Å². The lowest BCUT2D eigenvalue weighted by Gasteiger charge is -2.18. The van der Waals surface area contributed by atoms with E-state index in [1.54, 1.807) is 51.1 Å². The van der Waals surface area contributed by atoms with Crippen LogP contribution in [0.5, 0.6) is 0 Å². The summed E-state index contributed by atoms with van der Waals surface area (Å²) in [6.45, 7) is 5.40. The molecule has 0 atom stereocenters. The molecule has 0 aliphatic heterocycles. The number of ether oxygens (including phenoxy) is 1. The number of halogens is 1. The first-order valence-electron chi connectivity index (χ1n) is 8.22. The van der Waals surface area contributed by atoms with Gasteiger partial charge in [-0.2, -0.15) is 0 Å². The molecule has 0 bridgehead atoms. The molecule has 0 spiro atoms. The summed E-state index contributed by atoms with van der Waals surface area (Å²) < 4.78 is 4.72. The minimum atomic E-state index is -0.612. The summed E-state index contributed by atoms with van der Waals surface area (Å²) in [5, 5.41) is 5.79. The first kappa shape index (κ1) is 20.5. The van der Waals surface area contributed by atoms with E-state index in [-0.39, 0.29) is 17.2 Å². The van der Waals surface area contributed by atoms with E-state index in [9.17, 15) is 14.4 Å². The van der Waals surface area contributed by atoms with E-state index in [1.165, 1.54) is 19.2 Å². The van der Waals surface area contributed by atoms with Crippen molar-refractivity contribution in [2.24, 2.45) is 5.41 Å². The number of esters is 1. The third-order valence-electron chi connectivity index (χ3n) is 3.70. The van der Waals surface area contributed by atoms with Gasteiger partial charge in [0.15, 0.2) is 0 Å². The number of benzene rings is 2. The van der Waals surface area contributed by atoms with Gasteiger partial charge in [0.1, 0.15) is 0 Å². The molecule has 0 unspecified atom stereocenters. The molecule has 7 heteroatoms. The lowest BCUT2D eigenvalue weighted by atomic mass is 9.95. The standard InChI is InChI=1S/C20H21ClN2O4/c1-20(2,3)19(26)22-14-7-5-6-12(10-14)17(24)23-16-9-8-13(21)11-15(16)18(25)27-4/h5-11H,1-4H3,(H,22,26)(H,23,24). The number of nitrogens with one attached hydrogen (secondary N) is 2. The van der Waals surface area contributed by atoms with Gasteiger partial charge in [0.05, 0.1) is 18.4 Å². The van der Waals surface area contributed by atoms with Crippen molar-refractivity contribution in [3.05, 3.63) is 58.6 Å². The summed E-state index contributed by atoms with van der Waals surface area (Å²) >= 11 is 5.92. The zero-order valence-electron chi connectivity index (χ0n) is 15.6. The van der Waals surface area contributed by atoms with Crippen molar-refractivity contribution in [2.75, 3.05) is 17.7 Å². The Morgan fingerprint density at radius 1 is 1.00 bits per heavy atom. The maximum absolute atomic E-state index is 12.6. The number of hydrogen-bond acceptors (Lipinski definition) is 4. The molecule has 0 aliphatic rings. The van der Waals surface area contributed by atoms with Crippen molar-refractivity contribution in [1.82, 2.24) is 0 Å². The smallest absolute Gasteiger partial charge is 0.340 e. The first-order chi connectivity index (χ1) is 12.6. The largest absolute Gasteiger partial charge is 0.465 e. The summed E-state index contributed by atoms with van der Waals surface area (Å²) in [7, 11) is 1.25. The summed E-state index contributed by atoms with van der Waals surface area (Å²) in [5.74, 6) is -1.21. The Kier molecular flexibility index (Phi) is 6.23. The van der Waals surface area contributed by atoms with Gasteiger partial charge in [-0.25, -0.2) is 4.79 Å². The van der Waals surface area contributed by atoms with Crippen LogP contribution in [0.2, 0.25) is 5.02 Å². The molecular weight excluding hydrogens is 368 g/mol.